The van der Waals surface area contributed by atoms with Crippen LogP contribution in [0.5, 0.6) is 0 Å². The summed E-state index contributed by atoms with van der Waals surface area (Å²) in [4.78, 5) is 10.7. The predicted octanol–water partition coefficient (Wildman–Crippen LogP) is 2.08. The standard InChI is InChI=1S/C11H14FNO/c1-7-4-10(6-13-9(3)14)5-8(2)11(7)12/h4-5H,6H2,1-3H3,(H,13,14). The molecule has 3 heteroatoms. The Balaban J connectivity index is 2.84. The molecule has 1 rings (SSSR count). The molecule has 0 spiro atoms. The van der Waals surface area contributed by atoms with E-state index in [1.807, 2.05) is 0 Å². The number of benzene rings is 1. The second-order valence-corrected chi connectivity index (χ2v) is 3.45. The van der Waals surface area contributed by atoms with Crippen LogP contribution in [0.25, 0.3) is 0 Å². The van der Waals surface area contributed by atoms with Gasteiger partial charge in [-0.3, -0.25) is 4.79 Å². The maximum Gasteiger partial charge on any atom is 0.217 e. The lowest BCUT2D eigenvalue weighted by atomic mass is 10.1. The van der Waals surface area contributed by atoms with Crippen LogP contribution in [-0.4, -0.2) is 5.91 Å². The average molecular weight is 195 g/mol. The highest BCUT2D eigenvalue weighted by Gasteiger charge is 2.04. The van der Waals surface area contributed by atoms with Crippen molar-refractivity contribution >= 4 is 5.91 Å². The first-order valence-corrected chi connectivity index (χ1v) is 4.50. The van der Waals surface area contributed by atoms with Gasteiger partial charge in [0.25, 0.3) is 0 Å². The Morgan fingerprint density at radius 2 is 1.86 bits per heavy atom. The molecule has 14 heavy (non-hydrogen) atoms. The van der Waals surface area contributed by atoms with Crippen molar-refractivity contribution < 1.29 is 9.18 Å². The molecular weight excluding hydrogens is 181 g/mol. The normalized spacial score (nSPS) is 10.0. The van der Waals surface area contributed by atoms with Crippen LogP contribution >= 0.6 is 0 Å². The van der Waals surface area contributed by atoms with Gasteiger partial charge in [-0.2, -0.15) is 0 Å². The maximum atomic E-state index is 13.2. The molecule has 1 aromatic rings. The van der Waals surface area contributed by atoms with Gasteiger partial charge in [0.05, 0.1) is 0 Å². The number of halogens is 1. The zero-order valence-electron chi connectivity index (χ0n) is 8.65. The van der Waals surface area contributed by atoms with Gasteiger partial charge in [-0.25, -0.2) is 4.39 Å². The fourth-order valence-corrected chi connectivity index (χ4v) is 1.36. The average Bonchev–Trinajstić information content (AvgIpc) is 2.10. The zero-order valence-corrected chi connectivity index (χ0v) is 8.65. The van der Waals surface area contributed by atoms with E-state index in [4.69, 9.17) is 0 Å². The van der Waals surface area contributed by atoms with E-state index in [9.17, 15) is 9.18 Å². The van der Waals surface area contributed by atoms with E-state index in [2.05, 4.69) is 5.32 Å². The van der Waals surface area contributed by atoms with Crippen molar-refractivity contribution in [1.29, 1.82) is 0 Å². The van der Waals surface area contributed by atoms with Gasteiger partial charge in [-0.05, 0) is 30.5 Å². The molecule has 0 radical (unpaired) electrons. The molecule has 0 aliphatic rings. The fraction of sp³-hybridized carbons (Fsp3) is 0.364. The van der Waals surface area contributed by atoms with Gasteiger partial charge in [0.15, 0.2) is 0 Å². The van der Waals surface area contributed by atoms with Crippen molar-refractivity contribution in [2.45, 2.75) is 27.3 Å². The van der Waals surface area contributed by atoms with E-state index in [-0.39, 0.29) is 11.7 Å². The first-order chi connectivity index (χ1) is 6.50. The van der Waals surface area contributed by atoms with E-state index in [1.54, 1.807) is 26.0 Å². The molecule has 0 bridgehead atoms. The zero-order chi connectivity index (χ0) is 10.7. The number of nitrogens with one attached hydrogen (secondary N) is 1. The first-order valence-electron chi connectivity index (χ1n) is 4.50. The molecule has 1 aromatic carbocycles. The van der Waals surface area contributed by atoms with Gasteiger partial charge in [0.1, 0.15) is 5.82 Å². The van der Waals surface area contributed by atoms with Gasteiger partial charge in [-0.15, -0.1) is 0 Å². The Morgan fingerprint density at radius 1 is 1.36 bits per heavy atom. The monoisotopic (exact) mass is 195 g/mol. The quantitative estimate of drug-likeness (QED) is 0.769. The van der Waals surface area contributed by atoms with Crippen LogP contribution in [0.2, 0.25) is 0 Å². The van der Waals surface area contributed by atoms with E-state index in [0.29, 0.717) is 17.7 Å². The van der Waals surface area contributed by atoms with Crippen LogP contribution < -0.4 is 5.32 Å². The smallest absolute Gasteiger partial charge is 0.217 e. The van der Waals surface area contributed by atoms with E-state index < -0.39 is 0 Å². The lowest BCUT2D eigenvalue weighted by Crippen LogP contribution is -2.19. The van der Waals surface area contributed by atoms with Crippen LogP contribution in [0.15, 0.2) is 12.1 Å². The van der Waals surface area contributed by atoms with E-state index in [0.717, 1.165) is 5.56 Å². The summed E-state index contributed by atoms with van der Waals surface area (Å²) in [7, 11) is 0. The highest BCUT2D eigenvalue weighted by atomic mass is 19.1. The highest BCUT2D eigenvalue weighted by molar-refractivity contribution is 5.72. The fourth-order valence-electron chi connectivity index (χ4n) is 1.36. The molecule has 0 aromatic heterocycles. The molecule has 0 atom stereocenters. The molecule has 0 aliphatic carbocycles. The number of amides is 1. The lowest BCUT2D eigenvalue weighted by molar-refractivity contribution is -0.119. The summed E-state index contributed by atoms with van der Waals surface area (Å²) >= 11 is 0. The van der Waals surface area contributed by atoms with E-state index >= 15 is 0 Å². The van der Waals surface area contributed by atoms with Crippen LogP contribution in [0.1, 0.15) is 23.6 Å². The maximum absolute atomic E-state index is 13.2. The molecule has 0 saturated carbocycles. The Kier molecular flexibility index (Phi) is 3.23. The minimum Gasteiger partial charge on any atom is -0.352 e. The highest BCUT2D eigenvalue weighted by Crippen LogP contribution is 2.14. The summed E-state index contributed by atoms with van der Waals surface area (Å²) in [5, 5.41) is 2.67. The minimum absolute atomic E-state index is 0.0790. The molecule has 0 heterocycles. The van der Waals surface area contributed by atoms with E-state index in [1.165, 1.54) is 6.92 Å². The first kappa shape index (κ1) is 10.7. The van der Waals surface area contributed by atoms with Crippen molar-refractivity contribution in [2.24, 2.45) is 0 Å². The summed E-state index contributed by atoms with van der Waals surface area (Å²) in [5.41, 5.74) is 2.16. The number of carbonyl (C=O) groups is 1. The third-order valence-electron chi connectivity index (χ3n) is 2.04. The number of hydrogen-bond donors (Lipinski definition) is 1. The molecule has 1 N–H and O–H groups in total. The summed E-state index contributed by atoms with van der Waals surface area (Å²) in [6.45, 7) is 5.36. The second-order valence-electron chi connectivity index (χ2n) is 3.45. The lowest BCUT2D eigenvalue weighted by Gasteiger charge is -2.07. The second kappa shape index (κ2) is 4.22. The van der Waals surface area contributed by atoms with Gasteiger partial charge >= 0.3 is 0 Å². The van der Waals surface area contributed by atoms with Crippen molar-refractivity contribution in [3.63, 3.8) is 0 Å². The number of aryl methyl sites for hydroxylation is 2. The summed E-state index contributed by atoms with van der Waals surface area (Å²) in [5.74, 6) is -0.249. The molecule has 0 saturated heterocycles. The Hall–Kier alpha value is -1.38. The molecule has 2 nitrogen and oxygen atoms in total. The van der Waals surface area contributed by atoms with Gasteiger partial charge in [0.2, 0.25) is 5.91 Å². The Morgan fingerprint density at radius 3 is 2.29 bits per heavy atom. The van der Waals surface area contributed by atoms with Gasteiger partial charge in [0, 0.05) is 13.5 Å². The molecular formula is C11H14FNO. The molecule has 0 unspecified atom stereocenters. The van der Waals surface area contributed by atoms with Gasteiger partial charge in [-0.1, -0.05) is 12.1 Å². The van der Waals surface area contributed by atoms with Crippen LogP contribution in [0.4, 0.5) is 4.39 Å². The van der Waals surface area contributed by atoms with Gasteiger partial charge < -0.3 is 5.32 Å². The van der Waals surface area contributed by atoms with Crippen LogP contribution in [0, 0.1) is 19.7 Å². The minimum atomic E-state index is -0.170. The molecule has 0 fully saturated rings. The summed E-state index contributed by atoms with van der Waals surface area (Å²) < 4.78 is 13.2. The summed E-state index contributed by atoms with van der Waals surface area (Å²) in [6.07, 6.45) is 0. The molecule has 1 amide bonds. The summed E-state index contributed by atoms with van der Waals surface area (Å²) in [6, 6.07) is 3.50. The van der Waals surface area contributed by atoms with Crippen molar-refractivity contribution in [1.82, 2.24) is 5.32 Å². The van der Waals surface area contributed by atoms with Crippen molar-refractivity contribution in [3.8, 4) is 0 Å². The van der Waals surface area contributed by atoms with Crippen molar-refractivity contribution in [3.05, 3.63) is 34.6 Å². The third kappa shape index (κ3) is 2.55. The predicted molar refractivity (Wildman–Crippen MR) is 53.4 cm³/mol. The molecule has 0 aliphatic heterocycles. The Bertz CT molecular complexity index is 337. The number of hydrogen-bond acceptors (Lipinski definition) is 1. The SMILES string of the molecule is CC(=O)NCc1cc(C)c(F)c(C)c1. The topological polar surface area (TPSA) is 29.1 Å². The third-order valence-corrected chi connectivity index (χ3v) is 2.04. The van der Waals surface area contributed by atoms with Crippen LogP contribution in [-0.2, 0) is 11.3 Å². The van der Waals surface area contributed by atoms with Crippen molar-refractivity contribution in [2.75, 3.05) is 0 Å². The molecule has 76 valence electrons. The Labute approximate surface area is 83.1 Å². The number of carbonyl (C=O) groups excluding carboxylic acids is 1. The van der Waals surface area contributed by atoms with Crippen LogP contribution in [0.3, 0.4) is 0 Å². The largest absolute Gasteiger partial charge is 0.352 e. The number of rotatable bonds is 2.